The molecule has 33 heavy (non-hydrogen) atoms. The first-order chi connectivity index (χ1) is 15.7. The summed E-state index contributed by atoms with van der Waals surface area (Å²) in [6, 6.07) is 12.6. The average molecular weight is 536 g/mol. The summed E-state index contributed by atoms with van der Waals surface area (Å²) >= 11 is 3.37. The van der Waals surface area contributed by atoms with E-state index in [1.165, 1.54) is 17.0 Å². The molecule has 0 spiro atoms. The lowest BCUT2D eigenvalue weighted by Crippen LogP contribution is -2.48. The van der Waals surface area contributed by atoms with Gasteiger partial charge >= 0.3 is 0 Å². The zero-order valence-electron chi connectivity index (χ0n) is 18.5. The van der Waals surface area contributed by atoms with Gasteiger partial charge < -0.3 is 10.2 Å². The van der Waals surface area contributed by atoms with Crippen molar-refractivity contribution in [1.29, 1.82) is 0 Å². The van der Waals surface area contributed by atoms with Gasteiger partial charge in [-0.25, -0.2) is 12.7 Å². The van der Waals surface area contributed by atoms with Crippen LogP contribution in [-0.2, 0) is 26.2 Å². The SMILES string of the molecule is CCCNC(=O)C(C)N(Cc1ccc(Br)cc1)C(=O)CCN1C(=O)c2ccccc2S1(=O)=O. The molecule has 1 aliphatic heterocycles. The van der Waals surface area contributed by atoms with E-state index >= 15 is 0 Å². The van der Waals surface area contributed by atoms with E-state index in [2.05, 4.69) is 21.2 Å². The maximum atomic E-state index is 13.2. The molecule has 2 aromatic carbocycles. The van der Waals surface area contributed by atoms with Crippen molar-refractivity contribution in [2.24, 2.45) is 0 Å². The number of halogens is 1. The lowest BCUT2D eigenvalue weighted by molar-refractivity contribution is -0.140. The third-order valence-corrected chi connectivity index (χ3v) is 7.79. The highest BCUT2D eigenvalue weighted by Gasteiger charge is 2.41. The van der Waals surface area contributed by atoms with Gasteiger partial charge in [0, 0.05) is 30.5 Å². The summed E-state index contributed by atoms with van der Waals surface area (Å²) in [7, 11) is -4.00. The van der Waals surface area contributed by atoms with Gasteiger partial charge in [-0.05, 0) is 43.2 Å². The zero-order chi connectivity index (χ0) is 24.2. The minimum Gasteiger partial charge on any atom is -0.354 e. The summed E-state index contributed by atoms with van der Waals surface area (Å²) in [5, 5.41) is 2.79. The minimum absolute atomic E-state index is 0.0542. The molecule has 3 rings (SSSR count). The van der Waals surface area contributed by atoms with Gasteiger partial charge in [0.05, 0.1) is 5.56 Å². The molecule has 10 heteroatoms. The van der Waals surface area contributed by atoms with E-state index in [0.717, 1.165) is 20.8 Å². The first kappa shape index (κ1) is 24.9. The molecule has 1 unspecified atom stereocenters. The molecule has 3 amide bonds. The maximum absolute atomic E-state index is 13.2. The largest absolute Gasteiger partial charge is 0.354 e. The monoisotopic (exact) mass is 535 g/mol. The fraction of sp³-hybridized carbons (Fsp3) is 0.348. The van der Waals surface area contributed by atoms with Crippen LogP contribution in [0.5, 0.6) is 0 Å². The molecule has 2 aromatic rings. The predicted octanol–water partition coefficient (Wildman–Crippen LogP) is 2.93. The van der Waals surface area contributed by atoms with Crippen LogP contribution in [0.1, 0.15) is 42.6 Å². The van der Waals surface area contributed by atoms with Crippen molar-refractivity contribution in [3.63, 3.8) is 0 Å². The van der Waals surface area contributed by atoms with E-state index in [1.807, 2.05) is 31.2 Å². The van der Waals surface area contributed by atoms with Crippen molar-refractivity contribution in [2.75, 3.05) is 13.1 Å². The molecule has 1 N–H and O–H groups in total. The van der Waals surface area contributed by atoms with Gasteiger partial charge in [0.25, 0.3) is 15.9 Å². The highest BCUT2D eigenvalue weighted by molar-refractivity contribution is 9.10. The second-order valence-corrected chi connectivity index (χ2v) is 10.5. The third kappa shape index (κ3) is 5.44. The molecule has 0 saturated heterocycles. The van der Waals surface area contributed by atoms with Crippen molar-refractivity contribution in [3.05, 3.63) is 64.1 Å². The standard InChI is InChI=1S/C23H26BrN3O5S/c1-3-13-25-22(29)16(2)26(15-17-8-10-18(24)11-9-17)21(28)12-14-27-23(30)19-6-4-5-7-20(19)33(27,31)32/h4-11,16H,3,12-15H2,1-2H3,(H,25,29). The van der Waals surface area contributed by atoms with Crippen molar-refractivity contribution in [1.82, 2.24) is 14.5 Å². The summed E-state index contributed by atoms with van der Waals surface area (Å²) in [6.45, 7) is 3.93. The molecule has 8 nitrogen and oxygen atoms in total. The number of nitrogens with zero attached hydrogens (tertiary/aromatic N) is 2. The lowest BCUT2D eigenvalue weighted by atomic mass is 10.1. The zero-order valence-corrected chi connectivity index (χ0v) is 20.9. The van der Waals surface area contributed by atoms with E-state index in [-0.39, 0.29) is 35.9 Å². The fourth-order valence-electron chi connectivity index (χ4n) is 3.56. The fourth-order valence-corrected chi connectivity index (χ4v) is 5.39. The first-order valence-electron chi connectivity index (χ1n) is 10.6. The van der Waals surface area contributed by atoms with Crippen LogP contribution in [-0.4, -0.2) is 54.5 Å². The van der Waals surface area contributed by atoms with Crippen LogP contribution in [0.15, 0.2) is 57.9 Å². The maximum Gasteiger partial charge on any atom is 0.269 e. The predicted molar refractivity (Wildman–Crippen MR) is 127 cm³/mol. The Morgan fingerprint density at radius 2 is 1.79 bits per heavy atom. The smallest absolute Gasteiger partial charge is 0.269 e. The number of hydrogen-bond acceptors (Lipinski definition) is 5. The van der Waals surface area contributed by atoms with Gasteiger partial charge in [-0.1, -0.05) is 47.1 Å². The Hall–Kier alpha value is -2.72. The van der Waals surface area contributed by atoms with Gasteiger partial charge in [0.1, 0.15) is 10.9 Å². The number of amides is 3. The van der Waals surface area contributed by atoms with Gasteiger partial charge in [0.2, 0.25) is 11.8 Å². The highest BCUT2D eigenvalue weighted by Crippen LogP contribution is 2.30. The van der Waals surface area contributed by atoms with Crippen molar-refractivity contribution in [2.45, 2.75) is 44.2 Å². The van der Waals surface area contributed by atoms with Crippen molar-refractivity contribution >= 4 is 43.7 Å². The van der Waals surface area contributed by atoms with Crippen LogP contribution in [0.25, 0.3) is 0 Å². The molecular weight excluding hydrogens is 510 g/mol. The number of hydrogen-bond donors (Lipinski definition) is 1. The van der Waals surface area contributed by atoms with E-state index in [9.17, 15) is 22.8 Å². The van der Waals surface area contributed by atoms with Gasteiger partial charge in [0.15, 0.2) is 0 Å². The highest BCUT2D eigenvalue weighted by atomic mass is 79.9. The molecule has 1 atom stereocenters. The summed E-state index contributed by atoms with van der Waals surface area (Å²) in [5.74, 6) is -1.36. The number of fused-ring (bicyclic) bond motifs is 1. The molecule has 1 aliphatic rings. The molecular formula is C23H26BrN3O5S. The van der Waals surface area contributed by atoms with Crippen LogP contribution in [0.3, 0.4) is 0 Å². The van der Waals surface area contributed by atoms with Crippen LogP contribution < -0.4 is 5.32 Å². The van der Waals surface area contributed by atoms with Gasteiger partial charge in [-0.15, -0.1) is 0 Å². The molecule has 1 heterocycles. The van der Waals surface area contributed by atoms with Crippen molar-refractivity contribution in [3.8, 4) is 0 Å². The third-order valence-electron chi connectivity index (χ3n) is 5.42. The second kappa shape index (κ2) is 10.5. The summed E-state index contributed by atoms with van der Waals surface area (Å²) in [6.07, 6.45) is 0.523. The Morgan fingerprint density at radius 1 is 1.12 bits per heavy atom. The quantitative estimate of drug-likeness (QED) is 0.531. The number of nitrogens with one attached hydrogen (secondary N) is 1. The molecule has 0 aromatic heterocycles. The molecule has 0 bridgehead atoms. The summed E-state index contributed by atoms with van der Waals surface area (Å²) in [5.41, 5.74) is 0.919. The van der Waals surface area contributed by atoms with Gasteiger partial charge in [-0.2, -0.15) is 0 Å². The summed E-state index contributed by atoms with van der Waals surface area (Å²) < 4.78 is 27.2. The Bertz CT molecular complexity index is 1150. The van der Waals surface area contributed by atoms with E-state index in [0.29, 0.717) is 6.54 Å². The molecule has 176 valence electrons. The topological polar surface area (TPSA) is 104 Å². The normalized spacial score (nSPS) is 15.1. The summed E-state index contributed by atoms with van der Waals surface area (Å²) in [4.78, 5) is 39.8. The average Bonchev–Trinajstić information content (AvgIpc) is 3.00. The number of carbonyl (C=O) groups is 3. The van der Waals surface area contributed by atoms with Crippen molar-refractivity contribution < 1.29 is 22.8 Å². The van der Waals surface area contributed by atoms with Gasteiger partial charge in [-0.3, -0.25) is 14.4 Å². The number of benzene rings is 2. The Labute approximate surface area is 202 Å². The molecule has 0 fully saturated rings. The van der Waals surface area contributed by atoms with E-state index in [4.69, 9.17) is 0 Å². The van der Waals surface area contributed by atoms with Crippen LogP contribution in [0.2, 0.25) is 0 Å². The molecule has 0 aliphatic carbocycles. The van der Waals surface area contributed by atoms with Crippen LogP contribution >= 0.6 is 15.9 Å². The number of sulfonamides is 1. The number of carbonyl (C=O) groups excluding carboxylic acids is 3. The first-order valence-corrected chi connectivity index (χ1v) is 12.9. The Kier molecular flexibility index (Phi) is 7.91. The van der Waals surface area contributed by atoms with E-state index in [1.54, 1.807) is 19.1 Å². The Balaban J connectivity index is 1.77. The lowest BCUT2D eigenvalue weighted by Gasteiger charge is -2.29. The molecule has 0 radical (unpaired) electrons. The minimum atomic E-state index is -4.00. The second-order valence-electron chi connectivity index (χ2n) is 7.74. The Morgan fingerprint density at radius 3 is 2.42 bits per heavy atom. The van der Waals surface area contributed by atoms with Crippen LogP contribution in [0, 0.1) is 0 Å². The van der Waals surface area contributed by atoms with E-state index < -0.39 is 27.9 Å². The number of rotatable bonds is 9. The van der Waals surface area contributed by atoms with Crippen LogP contribution in [0.4, 0.5) is 0 Å². The molecule has 0 saturated carbocycles.